The molecule has 0 bridgehead atoms. The molecule has 0 aliphatic heterocycles. The van der Waals surface area contributed by atoms with Crippen LogP contribution in [0.15, 0.2) is 78.0 Å². The number of hydrogen-bond acceptors (Lipinski definition) is 4. The van der Waals surface area contributed by atoms with Crippen molar-refractivity contribution < 1.29 is 9.59 Å². The third kappa shape index (κ3) is 6.79. The summed E-state index contributed by atoms with van der Waals surface area (Å²) in [5.41, 5.74) is 7.84. The second-order valence-corrected chi connectivity index (χ2v) is 8.02. The van der Waals surface area contributed by atoms with E-state index in [-0.39, 0.29) is 12.3 Å². The van der Waals surface area contributed by atoms with Crippen LogP contribution in [0.4, 0.5) is 10.5 Å². The van der Waals surface area contributed by atoms with Gasteiger partial charge in [0, 0.05) is 33.8 Å². The first-order valence-corrected chi connectivity index (χ1v) is 10.6. The summed E-state index contributed by atoms with van der Waals surface area (Å²) >= 11 is 7.60. The number of carbonyl (C=O) groups excluding carboxylic acids is 2. The lowest BCUT2D eigenvalue weighted by molar-refractivity contribution is -0.116. The first kappa shape index (κ1) is 21.7. The number of rotatable bonds is 8. The quantitative estimate of drug-likeness (QED) is 0.439. The molecule has 8 heteroatoms. The Morgan fingerprint density at radius 1 is 1.07 bits per heavy atom. The molecule has 0 aliphatic rings. The van der Waals surface area contributed by atoms with Gasteiger partial charge in [0.25, 0.3) is 0 Å². The van der Waals surface area contributed by atoms with Gasteiger partial charge in [-0.3, -0.25) is 9.78 Å². The lowest BCUT2D eigenvalue weighted by Gasteiger charge is -2.18. The van der Waals surface area contributed by atoms with E-state index in [4.69, 9.17) is 17.3 Å². The predicted molar refractivity (Wildman–Crippen MR) is 120 cm³/mol. The number of urea groups is 1. The zero-order valence-electron chi connectivity index (χ0n) is 16.0. The maximum atomic E-state index is 12.5. The van der Waals surface area contributed by atoms with Crippen molar-refractivity contribution >= 4 is 41.0 Å². The fourth-order valence-electron chi connectivity index (χ4n) is 2.80. The average Bonchev–Trinajstić information content (AvgIpc) is 2.74. The molecule has 2 aromatic carbocycles. The molecule has 4 N–H and O–H groups in total. The monoisotopic (exact) mass is 440 g/mol. The van der Waals surface area contributed by atoms with Crippen molar-refractivity contribution in [1.82, 2.24) is 10.3 Å². The lowest BCUT2D eigenvalue weighted by Crippen LogP contribution is -2.35. The molecule has 1 atom stereocenters. The van der Waals surface area contributed by atoms with Gasteiger partial charge in [-0.1, -0.05) is 29.8 Å². The van der Waals surface area contributed by atoms with E-state index in [1.807, 2.05) is 42.6 Å². The Morgan fingerprint density at radius 2 is 1.80 bits per heavy atom. The summed E-state index contributed by atoms with van der Waals surface area (Å²) in [5, 5.41) is 6.02. The maximum absolute atomic E-state index is 12.5. The number of pyridine rings is 1. The normalized spacial score (nSPS) is 11.5. The van der Waals surface area contributed by atoms with Crippen molar-refractivity contribution in [3.63, 3.8) is 0 Å². The van der Waals surface area contributed by atoms with Crippen LogP contribution in [0.25, 0.3) is 0 Å². The molecule has 1 heterocycles. The first-order valence-electron chi connectivity index (χ1n) is 9.22. The molecule has 3 aromatic rings. The minimum atomic E-state index is -0.697. The van der Waals surface area contributed by atoms with Crippen molar-refractivity contribution in [3.05, 3.63) is 89.2 Å². The fourth-order valence-corrected chi connectivity index (χ4v) is 3.76. The minimum absolute atomic E-state index is 0.0437. The van der Waals surface area contributed by atoms with E-state index in [1.54, 1.807) is 42.2 Å². The van der Waals surface area contributed by atoms with E-state index in [1.165, 1.54) is 0 Å². The van der Waals surface area contributed by atoms with Gasteiger partial charge in [0.2, 0.25) is 5.91 Å². The lowest BCUT2D eigenvalue weighted by atomic mass is 10.0. The van der Waals surface area contributed by atoms with Crippen molar-refractivity contribution in [2.75, 3.05) is 5.32 Å². The summed E-state index contributed by atoms with van der Waals surface area (Å²) in [5.74, 6) is 0.584. The largest absolute Gasteiger partial charge is 0.352 e. The summed E-state index contributed by atoms with van der Waals surface area (Å²) in [6, 6.07) is 17.2. The van der Waals surface area contributed by atoms with Gasteiger partial charge in [-0.2, -0.15) is 0 Å². The Kier molecular flexibility index (Phi) is 7.70. The summed E-state index contributed by atoms with van der Waals surface area (Å²) in [7, 11) is 0. The Labute approximate surface area is 184 Å². The van der Waals surface area contributed by atoms with Crippen LogP contribution < -0.4 is 16.4 Å². The molecule has 0 saturated carbocycles. The molecule has 0 fully saturated rings. The Hall–Kier alpha value is -3.03. The first-order chi connectivity index (χ1) is 14.5. The molecule has 3 rings (SSSR count). The average molecular weight is 441 g/mol. The Balaban J connectivity index is 1.57. The Morgan fingerprint density at radius 3 is 2.43 bits per heavy atom. The van der Waals surface area contributed by atoms with Gasteiger partial charge < -0.3 is 16.4 Å². The van der Waals surface area contributed by atoms with Crippen LogP contribution >= 0.6 is 23.4 Å². The SMILES string of the molecule is NC(=O)N[C@@H](CC(=O)Nc1ccc(SCc2cccnc2)cc1)c1ccc(Cl)cc1. The zero-order valence-corrected chi connectivity index (χ0v) is 17.6. The van der Waals surface area contributed by atoms with Crippen LogP contribution in [0.1, 0.15) is 23.6 Å². The van der Waals surface area contributed by atoms with Gasteiger partial charge in [0.1, 0.15) is 0 Å². The minimum Gasteiger partial charge on any atom is -0.352 e. The van der Waals surface area contributed by atoms with Crippen LogP contribution in [0.3, 0.4) is 0 Å². The molecule has 0 radical (unpaired) electrons. The van der Waals surface area contributed by atoms with Crippen LogP contribution in [0.2, 0.25) is 5.02 Å². The molecule has 1 aromatic heterocycles. The van der Waals surface area contributed by atoms with E-state index >= 15 is 0 Å². The topological polar surface area (TPSA) is 97.1 Å². The van der Waals surface area contributed by atoms with Crippen LogP contribution in [0, 0.1) is 0 Å². The number of halogens is 1. The molecule has 0 spiro atoms. The number of nitrogens with zero attached hydrogens (tertiary/aromatic N) is 1. The molecule has 30 heavy (non-hydrogen) atoms. The van der Waals surface area contributed by atoms with Gasteiger partial charge in [-0.25, -0.2) is 4.79 Å². The van der Waals surface area contributed by atoms with Gasteiger partial charge >= 0.3 is 6.03 Å². The molecule has 154 valence electrons. The highest BCUT2D eigenvalue weighted by atomic mass is 35.5. The number of hydrogen-bond donors (Lipinski definition) is 3. The number of aromatic nitrogens is 1. The number of nitrogens with one attached hydrogen (secondary N) is 2. The fraction of sp³-hybridized carbons (Fsp3) is 0.136. The predicted octanol–water partition coefficient (Wildman–Crippen LogP) is 4.77. The smallest absolute Gasteiger partial charge is 0.312 e. The maximum Gasteiger partial charge on any atom is 0.312 e. The van der Waals surface area contributed by atoms with Crippen LogP contribution in [-0.2, 0) is 10.5 Å². The number of primary amides is 1. The van der Waals surface area contributed by atoms with Gasteiger partial charge in [0.05, 0.1) is 12.5 Å². The highest BCUT2D eigenvalue weighted by Crippen LogP contribution is 2.25. The molecule has 6 nitrogen and oxygen atoms in total. The summed E-state index contributed by atoms with van der Waals surface area (Å²) < 4.78 is 0. The molecular weight excluding hydrogens is 420 g/mol. The molecule has 0 aliphatic carbocycles. The van der Waals surface area contributed by atoms with Gasteiger partial charge in [-0.15, -0.1) is 11.8 Å². The number of amides is 3. The summed E-state index contributed by atoms with van der Waals surface area (Å²) in [6.45, 7) is 0. The number of nitrogens with two attached hydrogens (primary N) is 1. The summed E-state index contributed by atoms with van der Waals surface area (Å²) in [4.78, 5) is 29.0. The van der Waals surface area contributed by atoms with E-state index in [9.17, 15) is 9.59 Å². The van der Waals surface area contributed by atoms with E-state index in [2.05, 4.69) is 15.6 Å². The third-order valence-electron chi connectivity index (χ3n) is 4.24. The van der Waals surface area contributed by atoms with Crippen molar-refractivity contribution in [2.45, 2.75) is 23.1 Å². The van der Waals surface area contributed by atoms with Crippen LogP contribution in [-0.4, -0.2) is 16.9 Å². The highest BCUT2D eigenvalue weighted by molar-refractivity contribution is 7.98. The number of carbonyl (C=O) groups is 2. The third-order valence-corrected chi connectivity index (χ3v) is 5.58. The van der Waals surface area contributed by atoms with Crippen molar-refractivity contribution in [3.8, 4) is 0 Å². The van der Waals surface area contributed by atoms with Crippen LogP contribution in [0.5, 0.6) is 0 Å². The van der Waals surface area contributed by atoms with E-state index in [0.29, 0.717) is 10.7 Å². The van der Waals surface area contributed by atoms with Gasteiger partial charge in [-0.05, 0) is 53.6 Å². The van der Waals surface area contributed by atoms with E-state index < -0.39 is 12.1 Å². The van der Waals surface area contributed by atoms with Gasteiger partial charge in [0.15, 0.2) is 0 Å². The standard InChI is InChI=1S/C22H21ClN4O2S/c23-17-5-3-16(4-6-17)20(27-22(24)29)12-21(28)26-18-7-9-19(10-8-18)30-14-15-2-1-11-25-13-15/h1-11,13,20H,12,14H2,(H,26,28)(H3,24,27,29)/t20-/m0/s1. The molecule has 0 saturated heterocycles. The number of anilines is 1. The molecule has 0 unspecified atom stereocenters. The highest BCUT2D eigenvalue weighted by Gasteiger charge is 2.17. The van der Waals surface area contributed by atoms with Crippen molar-refractivity contribution in [2.24, 2.45) is 5.73 Å². The second kappa shape index (κ2) is 10.7. The number of thioether (sulfide) groups is 1. The Bertz CT molecular complexity index is 982. The molecular formula is C22H21ClN4O2S. The number of benzene rings is 2. The summed E-state index contributed by atoms with van der Waals surface area (Å²) in [6.07, 6.45) is 3.64. The second-order valence-electron chi connectivity index (χ2n) is 6.54. The van der Waals surface area contributed by atoms with Crippen molar-refractivity contribution in [1.29, 1.82) is 0 Å². The zero-order chi connectivity index (χ0) is 21.3. The molecule has 3 amide bonds. The van der Waals surface area contributed by atoms with E-state index in [0.717, 1.165) is 21.8 Å².